The summed E-state index contributed by atoms with van der Waals surface area (Å²) < 4.78 is 35.7. The number of rotatable bonds is 9. The Morgan fingerprint density at radius 3 is 1.41 bits per heavy atom. The molecule has 3 rings (SSSR count). The molecule has 3 aromatic rings. The fourth-order valence-electron chi connectivity index (χ4n) is 3.41. The van der Waals surface area contributed by atoms with Crippen LogP contribution in [0.25, 0.3) is 0 Å². The van der Waals surface area contributed by atoms with Crippen LogP contribution in [-0.4, -0.2) is 39.5 Å². The van der Waals surface area contributed by atoms with Crippen molar-refractivity contribution >= 4 is 23.5 Å². The fourth-order valence-corrected chi connectivity index (χ4v) is 5.69. The molecular formula is C24H23O7P. The number of ether oxygens (including phenoxy) is 4. The van der Waals surface area contributed by atoms with Gasteiger partial charge in [-0.1, -0.05) is 42.5 Å². The van der Waals surface area contributed by atoms with Gasteiger partial charge in [-0.2, -0.15) is 0 Å². The first-order valence-corrected chi connectivity index (χ1v) is 11.3. The molecule has 8 heteroatoms. The van der Waals surface area contributed by atoms with E-state index in [2.05, 4.69) is 0 Å². The van der Waals surface area contributed by atoms with Crippen LogP contribution < -0.4 is 24.3 Å². The van der Waals surface area contributed by atoms with E-state index in [0.29, 0.717) is 0 Å². The number of carbonyl (C=O) groups is 2. The van der Waals surface area contributed by atoms with Crippen LogP contribution in [0.5, 0.6) is 23.0 Å². The molecule has 0 spiro atoms. The fraction of sp³-hybridized carbons (Fsp3) is 0.167. The second-order valence-electron chi connectivity index (χ2n) is 6.64. The van der Waals surface area contributed by atoms with Crippen LogP contribution in [0.2, 0.25) is 0 Å². The third-order valence-corrected chi connectivity index (χ3v) is 7.61. The van der Waals surface area contributed by atoms with Gasteiger partial charge < -0.3 is 23.5 Å². The van der Waals surface area contributed by atoms with Gasteiger partial charge in [0.2, 0.25) is 18.2 Å². The summed E-state index contributed by atoms with van der Waals surface area (Å²) in [5.74, 6) is 0.761. The maximum Gasteiger partial charge on any atom is 0.248 e. The number of para-hydroxylation sites is 2. The highest BCUT2D eigenvalue weighted by atomic mass is 31.2. The van der Waals surface area contributed by atoms with E-state index in [1.54, 1.807) is 42.5 Å². The molecule has 0 N–H and O–H groups in total. The molecule has 0 radical (unpaired) electrons. The van der Waals surface area contributed by atoms with E-state index in [4.69, 9.17) is 18.9 Å². The second-order valence-corrected chi connectivity index (χ2v) is 9.18. The van der Waals surface area contributed by atoms with E-state index in [1.165, 1.54) is 52.7 Å². The molecule has 0 unspecified atom stereocenters. The Hall–Kier alpha value is -3.57. The van der Waals surface area contributed by atoms with E-state index in [9.17, 15) is 14.2 Å². The Kier molecular flexibility index (Phi) is 7.01. The quantitative estimate of drug-likeness (QED) is 0.443. The van der Waals surface area contributed by atoms with Gasteiger partial charge in [-0.05, 0) is 24.3 Å². The molecule has 0 amide bonds. The summed E-state index contributed by atoms with van der Waals surface area (Å²) in [6.45, 7) is 0. The number of hydrogen-bond acceptors (Lipinski definition) is 7. The minimum absolute atomic E-state index is 0.0192. The molecule has 0 fully saturated rings. The minimum atomic E-state index is -4.39. The summed E-state index contributed by atoms with van der Waals surface area (Å²) in [6.07, 6.45) is 0. The first-order chi connectivity index (χ1) is 15.4. The molecule has 3 aromatic carbocycles. The SMILES string of the molecule is COc1cccc(C(=O)P(=O)(C(=O)c2cccc(OC)c2OC)c2ccccc2)c1OC. The molecule has 0 aromatic heterocycles. The van der Waals surface area contributed by atoms with Crippen molar-refractivity contribution in [1.82, 2.24) is 0 Å². The van der Waals surface area contributed by atoms with E-state index < -0.39 is 18.2 Å². The van der Waals surface area contributed by atoms with Gasteiger partial charge in [0.15, 0.2) is 23.0 Å². The van der Waals surface area contributed by atoms with Crippen LogP contribution in [-0.2, 0) is 4.57 Å². The van der Waals surface area contributed by atoms with Gasteiger partial charge in [-0.25, -0.2) is 0 Å². The summed E-state index contributed by atoms with van der Waals surface area (Å²) in [5, 5.41) is 0.102. The summed E-state index contributed by atoms with van der Waals surface area (Å²) in [7, 11) is 1.20. The van der Waals surface area contributed by atoms with Gasteiger partial charge in [-0.15, -0.1) is 0 Å². The third-order valence-electron chi connectivity index (χ3n) is 4.96. The van der Waals surface area contributed by atoms with Crippen molar-refractivity contribution in [3.05, 3.63) is 77.9 Å². The Morgan fingerprint density at radius 1 is 0.594 bits per heavy atom. The maximum atomic E-state index is 14.5. The standard InChI is InChI=1S/C24H23O7P/c1-28-19-14-8-12-17(21(19)30-3)23(25)32(27,16-10-6-5-7-11-16)24(26)18-13-9-15-20(29-2)22(18)31-4/h5-15H,1-4H3. The lowest BCUT2D eigenvalue weighted by molar-refractivity contribution is 0.103. The minimum Gasteiger partial charge on any atom is -0.493 e. The molecule has 0 atom stereocenters. The van der Waals surface area contributed by atoms with Gasteiger partial charge in [-0.3, -0.25) is 9.59 Å². The topological polar surface area (TPSA) is 88.1 Å². The number of carbonyl (C=O) groups excluding carboxylic acids is 2. The van der Waals surface area contributed by atoms with E-state index >= 15 is 0 Å². The van der Waals surface area contributed by atoms with Crippen LogP contribution in [0.3, 0.4) is 0 Å². The first-order valence-electron chi connectivity index (χ1n) is 9.61. The number of benzene rings is 3. The summed E-state index contributed by atoms with van der Waals surface area (Å²) in [4.78, 5) is 27.6. The predicted octanol–water partition coefficient (Wildman–Crippen LogP) is 4.39. The van der Waals surface area contributed by atoms with Gasteiger partial charge in [0, 0.05) is 5.30 Å². The molecule has 0 aliphatic carbocycles. The second kappa shape index (κ2) is 9.71. The Morgan fingerprint density at radius 2 is 1.03 bits per heavy atom. The van der Waals surface area contributed by atoms with E-state index in [0.717, 1.165) is 0 Å². The molecule has 0 heterocycles. The number of methoxy groups -OCH3 is 4. The lowest BCUT2D eigenvalue weighted by Crippen LogP contribution is -2.21. The van der Waals surface area contributed by atoms with Crippen molar-refractivity contribution in [1.29, 1.82) is 0 Å². The highest BCUT2D eigenvalue weighted by Gasteiger charge is 2.45. The molecule has 0 aliphatic rings. The van der Waals surface area contributed by atoms with Crippen molar-refractivity contribution in [2.75, 3.05) is 28.4 Å². The smallest absolute Gasteiger partial charge is 0.248 e. The molecule has 0 aliphatic heterocycles. The predicted molar refractivity (Wildman–Crippen MR) is 121 cm³/mol. The molecule has 32 heavy (non-hydrogen) atoms. The summed E-state index contributed by atoms with van der Waals surface area (Å²) >= 11 is 0. The molecule has 0 saturated heterocycles. The lowest BCUT2D eigenvalue weighted by Gasteiger charge is -2.20. The van der Waals surface area contributed by atoms with Crippen LogP contribution in [0.4, 0.5) is 0 Å². The van der Waals surface area contributed by atoms with Crippen LogP contribution >= 0.6 is 7.14 Å². The largest absolute Gasteiger partial charge is 0.493 e. The molecule has 7 nitrogen and oxygen atoms in total. The van der Waals surface area contributed by atoms with Gasteiger partial charge in [0.25, 0.3) is 0 Å². The van der Waals surface area contributed by atoms with Crippen LogP contribution in [0, 0.1) is 0 Å². The highest BCUT2D eigenvalue weighted by Crippen LogP contribution is 2.54. The average Bonchev–Trinajstić information content (AvgIpc) is 2.86. The van der Waals surface area contributed by atoms with Crippen molar-refractivity contribution in [2.45, 2.75) is 0 Å². The van der Waals surface area contributed by atoms with Crippen molar-refractivity contribution in [3.8, 4) is 23.0 Å². The van der Waals surface area contributed by atoms with Gasteiger partial charge >= 0.3 is 0 Å². The Balaban J connectivity index is 2.29. The van der Waals surface area contributed by atoms with Gasteiger partial charge in [0.1, 0.15) is 0 Å². The average molecular weight is 454 g/mol. The molecule has 0 saturated carbocycles. The number of hydrogen-bond donors (Lipinski definition) is 0. The zero-order valence-corrected chi connectivity index (χ0v) is 19.1. The molecular weight excluding hydrogens is 431 g/mol. The zero-order valence-electron chi connectivity index (χ0n) is 18.2. The first kappa shape index (κ1) is 23.1. The van der Waals surface area contributed by atoms with Gasteiger partial charge in [0.05, 0.1) is 39.6 Å². The van der Waals surface area contributed by atoms with Crippen LogP contribution in [0.15, 0.2) is 66.7 Å². The van der Waals surface area contributed by atoms with Crippen molar-refractivity contribution in [2.24, 2.45) is 0 Å². The maximum absolute atomic E-state index is 14.5. The highest BCUT2D eigenvalue weighted by molar-refractivity contribution is 8.01. The van der Waals surface area contributed by atoms with Crippen LogP contribution in [0.1, 0.15) is 20.7 Å². The molecule has 0 bridgehead atoms. The lowest BCUT2D eigenvalue weighted by atomic mass is 10.2. The third kappa shape index (κ3) is 3.87. The van der Waals surface area contributed by atoms with Crippen molar-refractivity contribution < 1.29 is 33.1 Å². The normalized spacial score (nSPS) is 10.9. The summed E-state index contributed by atoms with van der Waals surface area (Å²) in [6, 6.07) is 17.2. The Labute approximate surface area is 186 Å². The monoisotopic (exact) mass is 454 g/mol. The van der Waals surface area contributed by atoms with E-state index in [-0.39, 0.29) is 39.4 Å². The molecule has 166 valence electrons. The van der Waals surface area contributed by atoms with E-state index in [1.807, 2.05) is 0 Å². The Bertz CT molecular complexity index is 1120. The van der Waals surface area contributed by atoms with Crippen molar-refractivity contribution in [3.63, 3.8) is 0 Å². The zero-order chi connectivity index (χ0) is 23.3. The summed E-state index contributed by atoms with van der Waals surface area (Å²) in [5.41, 5.74) is -1.77.